The van der Waals surface area contributed by atoms with Crippen LogP contribution in [-0.2, 0) is 0 Å². The number of hydrogen-bond donors (Lipinski definition) is 2. The maximum atomic E-state index is 5.66. The van der Waals surface area contributed by atoms with Crippen molar-refractivity contribution in [2.45, 2.75) is 6.92 Å². The van der Waals surface area contributed by atoms with Gasteiger partial charge in [0.2, 0.25) is 0 Å². The van der Waals surface area contributed by atoms with Crippen molar-refractivity contribution in [3.8, 4) is 0 Å². The molecular formula is C11H10Br2N4. The summed E-state index contributed by atoms with van der Waals surface area (Å²) in [5.41, 5.74) is 6.59. The average molecular weight is 358 g/mol. The summed E-state index contributed by atoms with van der Waals surface area (Å²) in [5, 5.41) is 3.18. The molecule has 0 bridgehead atoms. The van der Waals surface area contributed by atoms with Gasteiger partial charge in [-0.05, 0) is 41.1 Å². The van der Waals surface area contributed by atoms with E-state index in [1.54, 1.807) is 13.0 Å². The smallest absolute Gasteiger partial charge is 0.136 e. The number of aryl methyl sites for hydroxylation is 1. The lowest BCUT2D eigenvalue weighted by atomic mass is 10.3. The Labute approximate surface area is 116 Å². The summed E-state index contributed by atoms with van der Waals surface area (Å²) in [5.74, 6) is 1.77. The van der Waals surface area contributed by atoms with Crippen LogP contribution in [0.4, 0.5) is 17.3 Å². The normalized spacial score (nSPS) is 10.3. The molecule has 2 aromatic rings. The van der Waals surface area contributed by atoms with Gasteiger partial charge in [0.1, 0.15) is 17.5 Å². The predicted octanol–water partition coefficient (Wildman–Crippen LogP) is 3.64. The second-order valence-corrected chi connectivity index (χ2v) is 5.24. The topological polar surface area (TPSA) is 63.8 Å². The number of benzene rings is 1. The van der Waals surface area contributed by atoms with Gasteiger partial charge in [-0.2, -0.15) is 0 Å². The van der Waals surface area contributed by atoms with Crippen LogP contribution in [0.2, 0.25) is 0 Å². The molecule has 0 amide bonds. The summed E-state index contributed by atoms with van der Waals surface area (Å²) >= 11 is 6.88. The molecule has 0 atom stereocenters. The fourth-order valence-corrected chi connectivity index (χ4v) is 2.53. The Morgan fingerprint density at radius 2 is 1.94 bits per heavy atom. The van der Waals surface area contributed by atoms with Crippen LogP contribution in [0.25, 0.3) is 0 Å². The summed E-state index contributed by atoms with van der Waals surface area (Å²) in [4.78, 5) is 8.28. The van der Waals surface area contributed by atoms with E-state index < -0.39 is 0 Å². The highest BCUT2D eigenvalue weighted by atomic mass is 79.9. The molecule has 0 aliphatic rings. The second-order valence-electron chi connectivity index (χ2n) is 3.47. The molecular weight excluding hydrogens is 348 g/mol. The minimum Gasteiger partial charge on any atom is -0.384 e. The summed E-state index contributed by atoms with van der Waals surface area (Å²) in [7, 11) is 0. The third kappa shape index (κ3) is 3.17. The van der Waals surface area contributed by atoms with Crippen molar-refractivity contribution in [1.29, 1.82) is 0 Å². The van der Waals surface area contributed by atoms with Crippen LogP contribution in [0.3, 0.4) is 0 Å². The highest BCUT2D eigenvalue weighted by Crippen LogP contribution is 2.28. The van der Waals surface area contributed by atoms with E-state index in [2.05, 4.69) is 47.1 Å². The molecule has 0 unspecified atom stereocenters. The van der Waals surface area contributed by atoms with Gasteiger partial charge in [-0.3, -0.25) is 0 Å². The van der Waals surface area contributed by atoms with Crippen molar-refractivity contribution < 1.29 is 0 Å². The van der Waals surface area contributed by atoms with Crippen molar-refractivity contribution in [2.75, 3.05) is 11.1 Å². The number of nitrogen functional groups attached to an aromatic ring is 1. The SMILES string of the molecule is Cc1nc(N)cc(Nc2ccc(Br)cc2Br)n1. The van der Waals surface area contributed by atoms with E-state index in [9.17, 15) is 0 Å². The Kier molecular flexibility index (Phi) is 3.63. The first kappa shape index (κ1) is 12.3. The molecule has 4 nitrogen and oxygen atoms in total. The summed E-state index contributed by atoms with van der Waals surface area (Å²) < 4.78 is 1.95. The van der Waals surface area contributed by atoms with Gasteiger partial charge in [-0.1, -0.05) is 15.9 Å². The number of halogens is 2. The average Bonchev–Trinajstić information content (AvgIpc) is 2.21. The molecule has 1 aromatic carbocycles. The fourth-order valence-electron chi connectivity index (χ4n) is 1.38. The van der Waals surface area contributed by atoms with E-state index in [4.69, 9.17) is 5.73 Å². The first-order valence-corrected chi connectivity index (χ1v) is 6.46. The molecule has 6 heteroatoms. The zero-order valence-corrected chi connectivity index (χ0v) is 12.2. The third-order valence-electron chi connectivity index (χ3n) is 2.05. The Morgan fingerprint density at radius 3 is 2.59 bits per heavy atom. The predicted molar refractivity (Wildman–Crippen MR) is 76.3 cm³/mol. The molecule has 88 valence electrons. The van der Waals surface area contributed by atoms with Crippen molar-refractivity contribution in [3.05, 3.63) is 39.0 Å². The molecule has 2 rings (SSSR count). The van der Waals surface area contributed by atoms with Crippen molar-refractivity contribution in [3.63, 3.8) is 0 Å². The van der Waals surface area contributed by atoms with E-state index in [1.165, 1.54) is 0 Å². The van der Waals surface area contributed by atoms with Crippen LogP contribution in [0, 0.1) is 6.92 Å². The van der Waals surface area contributed by atoms with Crippen LogP contribution in [-0.4, -0.2) is 9.97 Å². The molecule has 0 aliphatic carbocycles. The molecule has 0 saturated heterocycles. The number of nitrogens with two attached hydrogens (primary N) is 1. The monoisotopic (exact) mass is 356 g/mol. The van der Waals surface area contributed by atoms with Gasteiger partial charge in [-0.25, -0.2) is 9.97 Å². The summed E-state index contributed by atoms with van der Waals surface area (Å²) in [6, 6.07) is 7.55. The first-order valence-electron chi connectivity index (χ1n) is 4.88. The highest BCUT2D eigenvalue weighted by molar-refractivity contribution is 9.11. The lowest BCUT2D eigenvalue weighted by Crippen LogP contribution is -2.00. The number of nitrogens with zero attached hydrogens (tertiary/aromatic N) is 2. The van der Waals surface area contributed by atoms with Gasteiger partial charge in [0.15, 0.2) is 0 Å². The molecule has 0 saturated carbocycles. The zero-order valence-electron chi connectivity index (χ0n) is 9.04. The van der Waals surface area contributed by atoms with E-state index in [0.29, 0.717) is 17.5 Å². The Balaban J connectivity index is 2.31. The molecule has 1 aromatic heterocycles. The molecule has 0 fully saturated rings. The number of hydrogen-bond acceptors (Lipinski definition) is 4. The third-order valence-corrected chi connectivity index (χ3v) is 3.20. The Bertz CT molecular complexity index is 537. The summed E-state index contributed by atoms with van der Waals surface area (Å²) in [6.45, 7) is 1.80. The maximum absolute atomic E-state index is 5.66. The standard InChI is InChI=1S/C11H10Br2N4/c1-6-15-10(14)5-11(16-6)17-9-3-2-7(12)4-8(9)13/h2-5H,1H3,(H3,14,15,16,17). The minimum absolute atomic E-state index is 0.452. The highest BCUT2D eigenvalue weighted by Gasteiger charge is 2.03. The molecule has 3 N–H and O–H groups in total. The van der Waals surface area contributed by atoms with Crippen LogP contribution in [0.1, 0.15) is 5.82 Å². The van der Waals surface area contributed by atoms with Crippen molar-refractivity contribution in [2.24, 2.45) is 0 Å². The van der Waals surface area contributed by atoms with Gasteiger partial charge in [0, 0.05) is 15.0 Å². The second kappa shape index (κ2) is 5.01. The van der Waals surface area contributed by atoms with Crippen molar-refractivity contribution in [1.82, 2.24) is 9.97 Å². The number of nitrogens with one attached hydrogen (secondary N) is 1. The van der Waals surface area contributed by atoms with Gasteiger partial charge >= 0.3 is 0 Å². The summed E-state index contributed by atoms with van der Waals surface area (Å²) in [6.07, 6.45) is 0. The molecule has 0 aliphatic heterocycles. The van der Waals surface area contributed by atoms with Gasteiger partial charge in [-0.15, -0.1) is 0 Å². The van der Waals surface area contributed by atoms with Crippen LogP contribution < -0.4 is 11.1 Å². The van der Waals surface area contributed by atoms with E-state index >= 15 is 0 Å². The van der Waals surface area contributed by atoms with Gasteiger partial charge in [0.05, 0.1) is 5.69 Å². The minimum atomic E-state index is 0.452. The van der Waals surface area contributed by atoms with Crippen LogP contribution in [0.15, 0.2) is 33.2 Å². The van der Waals surface area contributed by atoms with E-state index in [0.717, 1.165) is 14.6 Å². The van der Waals surface area contributed by atoms with Crippen LogP contribution >= 0.6 is 31.9 Å². The number of anilines is 3. The lowest BCUT2D eigenvalue weighted by molar-refractivity contribution is 1.06. The Hall–Kier alpha value is -1.14. The van der Waals surface area contributed by atoms with Gasteiger partial charge in [0.25, 0.3) is 0 Å². The van der Waals surface area contributed by atoms with Crippen molar-refractivity contribution >= 4 is 49.2 Å². The fraction of sp³-hybridized carbons (Fsp3) is 0.0909. The van der Waals surface area contributed by atoms with E-state index in [-0.39, 0.29) is 0 Å². The molecule has 0 radical (unpaired) electrons. The molecule has 0 spiro atoms. The zero-order chi connectivity index (χ0) is 12.4. The lowest BCUT2D eigenvalue weighted by Gasteiger charge is -2.09. The van der Waals surface area contributed by atoms with Crippen LogP contribution in [0.5, 0.6) is 0 Å². The van der Waals surface area contributed by atoms with E-state index in [1.807, 2.05) is 18.2 Å². The number of aromatic nitrogens is 2. The molecule has 1 heterocycles. The molecule has 17 heavy (non-hydrogen) atoms. The largest absolute Gasteiger partial charge is 0.384 e. The maximum Gasteiger partial charge on any atom is 0.136 e. The quantitative estimate of drug-likeness (QED) is 0.861. The Morgan fingerprint density at radius 1 is 1.18 bits per heavy atom. The first-order chi connectivity index (χ1) is 8.04. The number of rotatable bonds is 2. The van der Waals surface area contributed by atoms with Gasteiger partial charge < -0.3 is 11.1 Å².